The molecule has 27 heavy (non-hydrogen) atoms. The zero-order valence-corrected chi connectivity index (χ0v) is 15.5. The van der Waals surface area contributed by atoms with E-state index in [1.807, 2.05) is 0 Å². The number of esters is 1. The van der Waals surface area contributed by atoms with Gasteiger partial charge in [-0.1, -0.05) is 12.1 Å². The summed E-state index contributed by atoms with van der Waals surface area (Å²) in [5.74, 6) is 0.0338. The number of aryl methyl sites for hydroxylation is 1. The van der Waals surface area contributed by atoms with Crippen molar-refractivity contribution in [2.75, 3.05) is 26.3 Å². The summed E-state index contributed by atoms with van der Waals surface area (Å²) < 4.78 is 41.8. The van der Waals surface area contributed by atoms with Crippen LogP contribution in [0.4, 0.5) is 0 Å². The van der Waals surface area contributed by atoms with Crippen molar-refractivity contribution >= 4 is 22.1 Å². The molecule has 1 aliphatic heterocycles. The number of carbonyl (C=O) groups excluding carboxylic acids is 1. The summed E-state index contributed by atoms with van der Waals surface area (Å²) in [7, 11) is -3.53. The molecular formula is C17H19N3O6S. The van der Waals surface area contributed by atoms with E-state index >= 15 is 0 Å². The number of aromatic nitrogens is 2. The molecule has 2 heterocycles. The third-order valence-electron chi connectivity index (χ3n) is 3.81. The summed E-state index contributed by atoms with van der Waals surface area (Å²) in [6, 6.07) is 6.27. The molecule has 2 aromatic rings. The number of carbonyl (C=O) groups is 1. The summed E-state index contributed by atoms with van der Waals surface area (Å²) in [5, 5.41) is 7.35. The van der Waals surface area contributed by atoms with Crippen LogP contribution in [0, 0.1) is 6.92 Å². The molecule has 3 rings (SSSR count). The molecule has 1 saturated heterocycles. The van der Waals surface area contributed by atoms with Crippen LogP contribution >= 0.6 is 0 Å². The highest BCUT2D eigenvalue weighted by Gasteiger charge is 2.25. The summed E-state index contributed by atoms with van der Waals surface area (Å²) >= 11 is 0. The lowest BCUT2D eigenvalue weighted by atomic mass is 10.2. The minimum atomic E-state index is -3.53. The van der Waals surface area contributed by atoms with Crippen LogP contribution in [-0.4, -0.2) is 55.2 Å². The number of benzene rings is 1. The Kier molecular flexibility index (Phi) is 5.99. The lowest BCUT2D eigenvalue weighted by Crippen LogP contribution is -2.40. The zero-order chi connectivity index (χ0) is 19.3. The van der Waals surface area contributed by atoms with Crippen molar-refractivity contribution < 1.29 is 27.1 Å². The van der Waals surface area contributed by atoms with Crippen molar-refractivity contribution in [2.24, 2.45) is 0 Å². The van der Waals surface area contributed by atoms with E-state index in [9.17, 15) is 13.2 Å². The minimum absolute atomic E-state index is 0.110. The van der Waals surface area contributed by atoms with Gasteiger partial charge in [-0.05, 0) is 23.8 Å². The molecule has 0 aliphatic carbocycles. The molecule has 0 bridgehead atoms. The SMILES string of the molecule is Cc1nnc(COC(=O)/C=C/c2ccc(S(=O)(=O)N3CCOCC3)cc2)o1. The Bertz CT molecular complexity index is 914. The molecule has 0 spiro atoms. The van der Waals surface area contributed by atoms with E-state index in [0.29, 0.717) is 37.8 Å². The largest absolute Gasteiger partial charge is 0.452 e. The van der Waals surface area contributed by atoms with Crippen molar-refractivity contribution in [3.63, 3.8) is 0 Å². The Morgan fingerprint density at radius 1 is 1.22 bits per heavy atom. The summed E-state index contributed by atoms with van der Waals surface area (Å²) in [6.07, 6.45) is 2.78. The molecule has 1 aliphatic rings. The molecule has 1 aromatic carbocycles. The Morgan fingerprint density at radius 2 is 1.93 bits per heavy atom. The second-order valence-electron chi connectivity index (χ2n) is 5.74. The number of rotatable bonds is 6. The van der Waals surface area contributed by atoms with Crippen LogP contribution in [0.15, 0.2) is 39.7 Å². The van der Waals surface area contributed by atoms with E-state index in [2.05, 4.69) is 10.2 Å². The Hall–Kier alpha value is -2.56. The first-order chi connectivity index (χ1) is 12.9. The van der Waals surface area contributed by atoms with Crippen molar-refractivity contribution in [1.29, 1.82) is 0 Å². The average Bonchev–Trinajstić information content (AvgIpc) is 3.11. The fourth-order valence-electron chi connectivity index (χ4n) is 2.43. The topological polar surface area (TPSA) is 112 Å². The smallest absolute Gasteiger partial charge is 0.331 e. The van der Waals surface area contributed by atoms with Crippen LogP contribution in [0.25, 0.3) is 6.08 Å². The Labute approximate surface area is 156 Å². The van der Waals surface area contributed by atoms with Crippen molar-refractivity contribution in [2.45, 2.75) is 18.4 Å². The maximum atomic E-state index is 12.5. The van der Waals surface area contributed by atoms with Crippen LogP contribution < -0.4 is 0 Å². The standard InChI is InChI=1S/C17H19N3O6S/c1-13-18-19-16(26-13)12-25-17(21)7-4-14-2-5-15(6-3-14)27(22,23)20-8-10-24-11-9-20/h2-7H,8-12H2,1H3/b7-4+. The van der Waals surface area contributed by atoms with Gasteiger partial charge in [0.15, 0.2) is 6.61 Å². The van der Waals surface area contributed by atoms with E-state index in [1.165, 1.54) is 28.6 Å². The number of nitrogens with zero attached hydrogens (tertiary/aromatic N) is 3. The van der Waals surface area contributed by atoms with Gasteiger partial charge in [-0.15, -0.1) is 10.2 Å². The quantitative estimate of drug-likeness (QED) is 0.531. The molecule has 144 valence electrons. The maximum Gasteiger partial charge on any atom is 0.331 e. The lowest BCUT2D eigenvalue weighted by Gasteiger charge is -2.26. The van der Waals surface area contributed by atoms with Gasteiger partial charge in [-0.25, -0.2) is 13.2 Å². The first kappa shape index (κ1) is 19.2. The zero-order valence-electron chi connectivity index (χ0n) is 14.7. The second kappa shape index (κ2) is 8.42. The van der Waals surface area contributed by atoms with Crippen molar-refractivity contribution in [3.05, 3.63) is 47.7 Å². The predicted octanol–water partition coefficient (Wildman–Crippen LogP) is 1.16. The number of morpholine rings is 1. The molecular weight excluding hydrogens is 374 g/mol. The number of sulfonamides is 1. The van der Waals surface area contributed by atoms with E-state index in [1.54, 1.807) is 19.1 Å². The first-order valence-electron chi connectivity index (χ1n) is 8.27. The highest BCUT2D eigenvalue weighted by atomic mass is 32.2. The van der Waals surface area contributed by atoms with E-state index in [0.717, 1.165) is 0 Å². The molecule has 0 N–H and O–H groups in total. The fourth-order valence-corrected chi connectivity index (χ4v) is 3.84. The Morgan fingerprint density at radius 3 is 2.56 bits per heavy atom. The molecule has 0 atom stereocenters. The maximum absolute atomic E-state index is 12.5. The molecule has 1 aromatic heterocycles. The predicted molar refractivity (Wildman–Crippen MR) is 93.9 cm³/mol. The van der Waals surface area contributed by atoms with Crippen molar-refractivity contribution in [3.8, 4) is 0 Å². The van der Waals surface area contributed by atoms with Gasteiger partial charge in [-0.2, -0.15) is 4.31 Å². The van der Waals surface area contributed by atoms with Crippen LogP contribution in [-0.2, 0) is 30.9 Å². The summed E-state index contributed by atoms with van der Waals surface area (Å²) in [5.41, 5.74) is 0.668. The molecule has 0 unspecified atom stereocenters. The minimum Gasteiger partial charge on any atom is -0.452 e. The van der Waals surface area contributed by atoms with Gasteiger partial charge in [-0.3, -0.25) is 0 Å². The van der Waals surface area contributed by atoms with Crippen LogP contribution in [0.2, 0.25) is 0 Å². The van der Waals surface area contributed by atoms with E-state index in [4.69, 9.17) is 13.9 Å². The van der Waals surface area contributed by atoms with Gasteiger partial charge < -0.3 is 13.9 Å². The average molecular weight is 393 g/mol. The van der Waals surface area contributed by atoms with Gasteiger partial charge >= 0.3 is 5.97 Å². The summed E-state index contributed by atoms with van der Waals surface area (Å²) in [4.78, 5) is 11.9. The van der Waals surface area contributed by atoms with Crippen LogP contribution in [0.5, 0.6) is 0 Å². The first-order valence-corrected chi connectivity index (χ1v) is 9.71. The molecule has 0 radical (unpaired) electrons. The van der Waals surface area contributed by atoms with Gasteiger partial charge in [0.1, 0.15) is 0 Å². The van der Waals surface area contributed by atoms with Gasteiger partial charge in [0, 0.05) is 26.1 Å². The molecule has 0 saturated carbocycles. The third-order valence-corrected chi connectivity index (χ3v) is 5.72. The normalized spacial score (nSPS) is 15.9. The third kappa shape index (κ3) is 5.00. The highest BCUT2D eigenvalue weighted by molar-refractivity contribution is 7.89. The van der Waals surface area contributed by atoms with Gasteiger partial charge in [0.05, 0.1) is 18.1 Å². The molecule has 1 fully saturated rings. The number of hydrogen-bond donors (Lipinski definition) is 0. The van der Waals surface area contributed by atoms with Gasteiger partial charge in [0.2, 0.25) is 15.9 Å². The van der Waals surface area contributed by atoms with E-state index < -0.39 is 16.0 Å². The van der Waals surface area contributed by atoms with Gasteiger partial charge in [0.25, 0.3) is 5.89 Å². The van der Waals surface area contributed by atoms with Crippen molar-refractivity contribution in [1.82, 2.24) is 14.5 Å². The molecule has 0 amide bonds. The molecule has 9 nitrogen and oxygen atoms in total. The fraction of sp³-hybridized carbons (Fsp3) is 0.353. The lowest BCUT2D eigenvalue weighted by molar-refractivity contribution is -0.139. The second-order valence-corrected chi connectivity index (χ2v) is 7.68. The Balaban J connectivity index is 1.58. The molecule has 10 heteroatoms. The monoisotopic (exact) mass is 393 g/mol. The van der Waals surface area contributed by atoms with Crippen LogP contribution in [0.1, 0.15) is 17.3 Å². The number of ether oxygens (including phenoxy) is 2. The van der Waals surface area contributed by atoms with Crippen LogP contribution in [0.3, 0.4) is 0 Å². The highest BCUT2D eigenvalue weighted by Crippen LogP contribution is 2.18. The summed E-state index contributed by atoms with van der Waals surface area (Å²) in [6.45, 7) is 3.00. The van der Waals surface area contributed by atoms with E-state index in [-0.39, 0.29) is 17.4 Å². The number of hydrogen-bond acceptors (Lipinski definition) is 8.